The van der Waals surface area contributed by atoms with Crippen molar-refractivity contribution in [3.63, 3.8) is 0 Å². The van der Waals surface area contributed by atoms with E-state index < -0.39 is 0 Å². The standard InChI is InChI=1S/C18H19N3O2/c1-20(12-10-14-7-5-6-11-19-14)16-13-17(22)21(18(16)23)15-8-3-2-4-9-15/h2-9,11,16H,10,12-13H2,1H3/p+1/t16-/m1/s1. The summed E-state index contributed by atoms with van der Waals surface area (Å²) in [5, 5.41) is 0. The molecular formula is C18H20N3O2+. The molecule has 2 aromatic rings. The Hall–Kier alpha value is -2.53. The van der Waals surface area contributed by atoms with Gasteiger partial charge in [0.05, 0.1) is 25.7 Å². The number of para-hydroxylation sites is 1. The lowest BCUT2D eigenvalue weighted by atomic mass is 10.2. The number of quaternary nitrogens is 1. The van der Waals surface area contributed by atoms with Gasteiger partial charge in [0.15, 0.2) is 6.04 Å². The molecule has 3 rings (SSSR count). The highest BCUT2D eigenvalue weighted by Crippen LogP contribution is 2.21. The minimum atomic E-state index is -0.314. The number of nitrogens with one attached hydrogen (secondary N) is 1. The second kappa shape index (κ2) is 6.71. The summed E-state index contributed by atoms with van der Waals surface area (Å²) in [6, 6.07) is 14.6. The Morgan fingerprint density at radius 3 is 2.57 bits per heavy atom. The molecule has 5 nitrogen and oxygen atoms in total. The molecule has 0 radical (unpaired) electrons. The molecule has 0 bridgehead atoms. The number of hydrogen-bond donors (Lipinski definition) is 1. The average molecular weight is 310 g/mol. The summed E-state index contributed by atoms with van der Waals surface area (Å²) < 4.78 is 0. The molecule has 0 aliphatic carbocycles. The van der Waals surface area contributed by atoms with Crippen LogP contribution in [0.4, 0.5) is 5.69 Å². The average Bonchev–Trinajstić information content (AvgIpc) is 2.89. The van der Waals surface area contributed by atoms with E-state index in [9.17, 15) is 9.59 Å². The second-order valence-electron chi connectivity index (χ2n) is 5.83. The van der Waals surface area contributed by atoms with Gasteiger partial charge in [-0.05, 0) is 24.3 Å². The van der Waals surface area contributed by atoms with E-state index in [1.807, 2.05) is 43.4 Å². The van der Waals surface area contributed by atoms with Gasteiger partial charge in [0.25, 0.3) is 5.91 Å². The quantitative estimate of drug-likeness (QED) is 0.817. The Morgan fingerprint density at radius 1 is 1.13 bits per heavy atom. The predicted octanol–water partition coefficient (Wildman–Crippen LogP) is 0.471. The van der Waals surface area contributed by atoms with Gasteiger partial charge in [-0.2, -0.15) is 0 Å². The molecule has 0 saturated carbocycles. The third kappa shape index (κ3) is 3.29. The number of hydrogen-bond acceptors (Lipinski definition) is 3. The molecular weight excluding hydrogens is 290 g/mol. The van der Waals surface area contributed by atoms with Gasteiger partial charge in [0.1, 0.15) is 0 Å². The van der Waals surface area contributed by atoms with Crippen molar-refractivity contribution < 1.29 is 14.5 Å². The maximum absolute atomic E-state index is 12.6. The second-order valence-corrected chi connectivity index (χ2v) is 5.83. The summed E-state index contributed by atoms with van der Waals surface area (Å²) in [6.07, 6.45) is 2.82. The zero-order chi connectivity index (χ0) is 16.2. The van der Waals surface area contributed by atoms with Gasteiger partial charge in [-0.15, -0.1) is 0 Å². The summed E-state index contributed by atoms with van der Waals surface area (Å²) in [7, 11) is 1.97. The number of rotatable bonds is 5. The molecule has 5 heteroatoms. The van der Waals surface area contributed by atoms with Crippen LogP contribution in [0.2, 0.25) is 0 Å². The fourth-order valence-corrected chi connectivity index (χ4v) is 2.91. The highest BCUT2D eigenvalue weighted by atomic mass is 16.2. The lowest BCUT2D eigenvalue weighted by Crippen LogP contribution is -3.14. The van der Waals surface area contributed by atoms with Gasteiger partial charge in [0, 0.05) is 18.3 Å². The molecule has 1 aromatic heterocycles. The molecule has 0 spiro atoms. The first-order chi connectivity index (χ1) is 11.2. The van der Waals surface area contributed by atoms with Crippen molar-refractivity contribution in [3.8, 4) is 0 Å². The third-order valence-electron chi connectivity index (χ3n) is 4.26. The van der Waals surface area contributed by atoms with Gasteiger partial charge in [-0.25, -0.2) is 4.90 Å². The van der Waals surface area contributed by atoms with Crippen molar-refractivity contribution in [1.82, 2.24) is 4.98 Å². The van der Waals surface area contributed by atoms with Crippen molar-refractivity contribution in [1.29, 1.82) is 0 Å². The monoisotopic (exact) mass is 310 g/mol. The molecule has 1 N–H and O–H groups in total. The van der Waals surface area contributed by atoms with E-state index in [1.165, 1.54) is 4.90 Å². The Morgan fingerprint density at radius 2 is 1.87 bits per heavy atom. The SMILES string of the molecule is C[NH+](CCc1ccccn1)[C@@H]1CC(=O)N(c2ccccc2)C1=O. The number of likely N-dealkylation sites (N-methyl/N-ethyl adjacent to an activating group) is 1. The molecule has 118 valence electrons. The van der Waals surface area contributed by atoms with Crippen LogP contribution in [-0.2, 0) is 16.0 Å². The normalized spacial score (nSPS) is 19.2. The first kappa shape index (κ1) is 15.4. The van der Waals surface area contributed by atoms with Crippen LogP contribution in [0.3, 0.4) is 0 Å². The van der Waals surface area contributed by atoms with Crippen LogP contribution in [0.5, 0.6) is 0 Å². The maximum Gasteiger partial charge on any atom is 0.292 e. The minimum absolute atomic E-state index is 0.111. The molecule has 1 unspecified atom stereocenters. The fraction of sp³-hybridized carbons (Fsp3) is 0.278. The number of pyridine rings is 1. The van der Waals surface area contributed by atoms with Crippen molar-refractivity contribution >= 4 is 17.5 Å². The smallest absolute Gasteiger partial charge is 0.292 e. The summed E-state index contributed by atoms with van der Waals surface area (Å²) in [4.78, 5) is 31.6. The molecule has 2 atom stereocenters. The van der Waals surface area contributed by atoms with Crippen molar-refractivity contribution in [2.24, 2.45) is 0 Å². The van der Waals surface area contributed by atoms with Crippen molar-refractivity contribution in [3.05, 3.63) is 60.4 Å². The first-order valence-electron chi connectivity index (χ1n) is 7.81. The molecule has 2 amide bonds. The summed E-state index contributed by atoms with van der Waals surface area (Å²) in [5.41, 5.74) is 1.66. The van der Waals surface area contributed by atoms with Crippen LogP contribution in [0.15, 0.2) is 54.7 Å². The molecule has 2 heterocycles. The summed E-state index contributed by atoms with van der Waals surface area (Å²) >= 11 is 0. The molecule has 1 aliphatic heterocycles. The van der Waals surface area contributed by atoms with E-state index in [-0.39, 0.29) is 24.3 Å². The molecule has 23 heavy (non-hydrogen) atoms. The van der Waals surface area contributed by atoms with Crippen LogP contribution in [0.1, 0.15) is 12.1 Å². The Balaban J connectivity index is 1.67. The molecule has 1 saturated heterocycles. The van der Waals surface area contributed by atoms with E-state index in [0.29, 0.717) is 5.69 Å². The lowest BCUT2D eigenvalue weighted by molar-refractivity contribution is -0.894. The number of benzene rings is 1. The first-order valence-corrected chi connectivity index (χ1v) is 7.81. The zero-order valence-corrected chi connectivity index (χ0v) is 13.1. The Bertz CT molecular complexity index is 688. The predicted molar refractivity (Wildman–Crippen MR) is 87.0 cm³/mol. The largest absolute Gasteiger partial charge is 0.326 e. The molecule has 1 aliphatic rings. The number of nitrogens with zero attached hydrogens (tertiary/aromatic N) is 2. The fourth-order valence-electron chi connectivity index (χ4n) is 2.91. The zero-order valence-electron chi connectivity index (χ0n) is 13.1. The number of anilines is 1. The number of amides is 2. The van der Waals surface area contributed by atoms with E-state index in [1.54, 1.807) is 18.3 Å². The van der Waals surface area contributed by atoms with Gasteiger partial charge in [-0.1, -0.05) is 24.3 Å². The van der Waals surface area contributed by atoms with E-state index >= 15 is 0 Å². The van der Waals surface area contributed by atoms with Gasteiger partial charge >= 0.3 is 0 Å². The van der Waals surface area contributed by atoms with Crippen LogP contribution < -0.4 is 9.80 Å². The van der Waals surface area contributed by atoms with Gasteiger partial charge < -0.3 is 4.90 Å². The van der Waals surface area contributed by atoms with Crippen molar-refractivity contribution in [2.45, 2.75) is 18.9 Å². The van der Waals surface area contributed by atoms with Gasteiger partial charge in [-0.3, -0.25) is 14.6 Å². The van der Waals surface area contributed by atoms with E-state index in [4.69, 9.17) is 0 Å². The summed E-state index contributed by atoms with van der Waals surface area (Å²) in [5.74, 6) is -0.233. The lowest BCUT2D eigenvalue weighted by Gasteiger charge is -2.20. The van der Waals surface area contributed by atoms with Gasteiger partial charge in [0.2, 0.25) is 5.91 Å². The Kier molecular flexibility index (Phi) is 4.48. The third-order valence-corrected chi connectivity index (χ3v) is 4.26. The number of carbonyl (C=O) groups is 2. The molecule has 1 fully saturated rings. The van der Waals surface area contributed by atoms with E-state index in [0.717, 1.165) is 23.6 Å². The number of imide groups is 1. The van der Waals surface area contributed by atoms with Crippen LogP contribution >= 0.6 is 0 Å². The minimum Gasteiger partial charge on any atom is -0.326 e. The number of carbonyl (C=O) groups excluding carboxylic acids is 2. The van der Waals surface area contributed by atoms with Crippen LogP contribution in [0, 0.1) is 0 Å². The highest BCUT2D eigenvalue weighted by molar-refractivity contribution is 6.21. The van der Waals surface area contributed by atoms with Crippen molar-refractivity contribution in [2.75, 3.05) is 18.5 Å². The van der Waals surface area contributed by atoms with Crippen LogP contribution in [-0.4, -0.2) is 36.4 Å². The summed E-state index contributed by atoms with van der Waals surface area (Å²) in [6.45, 7) is 0.767. The highest BCUT2D eigenvalue weighted by Gasteiger charge is 2.44. The number of aromatic nitrogens is 1. The topological polar surface area (TPSA) is 54.7 Å². The Labute approximate surface area is 135 Å². The van der Waals surface area contributed by atoms with Crippen LogP contribution in [0.25, 0.3) is 0 Å². The van der Waals surface area contributed by atoms with E-state index in [2.05, 4.69) is 4.98 Å². The maximum atomic E-state index is 12.6. The molecule has 1 aromatic carbocycles.